The van der Waals surface area contributed by atoms with Crippen LogP contribution in [0.4, 0.5) is 0 Å². The van der Waals surface area contributed by atoms with E-state index < -0.39 is 0 Å². The number of rotatable bonds is 0. The van der Waals surface area contributed by atoms with Crippen LogP contribution in [0.3, 0.4) is 0 Å². The molecule has 0 unspecified atom stereocenters. The second-order valence-corrected chi connectivity index (χ2v) is 2.60. The Kier molecular flexibility index (Phi) is 1.22. The molecule has 2 fully saturated rings. The summed E-state index contributed by atoms with van der Waals surface area (Å²) in [4.78, 5) is 0. The third-order valence-electron chi connectivity index (χ3n) is 1.87. The number of hydrogen-bond acceptors (Lipinski definition) is 3. The van der Waals surface area contributed by atoms with Gasteiger partial charge in [-0.05, 0) is 12.8 Å². The summed E-state index contributed by atoms with van der Waals surface area (Å²) < 4.78 is 10.4. The zero-order valence-electron chi connectivity index (χ0n) is 5.12. The Morgan fingerprint density at radius 1 is 1.33 bits per heavy atom. The van der Waals surface area contributed by atoms with E-state index in [0.29, 0.717) is 6.61 Å². The first-order valence-electron chi connectivity index (χ1n) is 3.31. The number of ether oxygens (including phenoxy) is 2. The van der Waals surface area contributed by atoms with E-state index >= 15 is 0 Å². The molecule has 9 heavy (non-hydrogen) atoms. The van der Waals surface area contributed by atoms with Crippen LogP contribution in [0.2, 0.25) is 0 Å². The summed E-state index contributed by atoms with van der Waals surface area (Å²) in [5, 5.41) is 9.15. The second kappa shape index (κ2) is 1.94. The fourth-order valence-corrected chi connectivity index (χ4v) is 1.32. The molecule has 0 radical (unpaired) electrons. The van der Waals surface area contributed by atoms with Crippen molar-refractivity contribution >= 4 is 0 Å². The Morgan fingerprint density at radius 3 is 3.00 bits per heavy atom. The fourth-order valence-electron chi connectivity index (χ4n) is 1.32. The van der Waals surface area contributed by atoms with Crippen molar-refractivity contribution in [1.29, 1.82) is 0 Å². The molecule has 0 aliphatic carbocycles. The van der Waals surface area contributed by atoms with Crippen molar-refractivity contribution in [3.8, 4) is 0 Å². The van der Waals surface area contributed by atoms with Crippen molar-refractivity contribution in [3.05, 3.63) is 0 Å². The van der Waals surface area contributed by atoms with Gasteiger partial charge in [-0.15, -0.1) is 0 Å². The Morgan fingerprint density at radius 2 is 2.22 bits per heavy atom. The normalized spacial score (nSPS) is 49.7. The van der Waals surface area contributed by atoms with Crippen molar-refractivity contribution in [2.75, 3.05) is 6.61 Å². The molecule has 52 valence electrons. The molecule has 0 spiro atoms. The third kappa shape index (κ3) is 0.852. The first kappa shape index (κ1) is 5.65. The van der Waals surface area contributed by atoms with Crippen molar-refractivity contribution < 1.29 is 14.6 Å². The average Bonchev–Trinajstić information content (AvgIpc) is 2.25. The van der Waals surface area contributed by atoms with Gasteiger partial charge in [0.2, 0.25) is 0 Å². The molecule has 2 aliphatic heterocycles. The van der Waals surface area contributed by atoms with Crippen molar-refractivity contribution in [2.24, 2.45) is 0 Å². The summed E-state index contributed by atoms with van der Waals surface area (Å²) in [7, 11) is 0. The van der Waals surface area contributed by atoms with E-state index in [1.165, 1.54) is 0 Å². The van der Waals surface area contributed by atoms with Crippen LogP contribution in [0.25, 0.3) is 0 Å². The van der Waals surface area contributed by atoms with E-state index in [2.05, 4.69) is 0 Å². The van der Waals surface area contributed by atoms with E-state index in [1.54, 1.807) is 0 Å². The lowest BCUT2D eigenvalue weighted by molar-refractivity contribution is -0.152. The summed E-state index contributed by atoms with van der Waals surface area (Å²) in [5.41, 5.74) is 0. The van der Waals surface area contributed by atoms with Gasteiger partial charge in [0.05, 0.1) is 12.7 Å². The lowest BCUT2D eigenvalue weighted by atomic mass is 10.1. The summed E-state index contributed by atoms with van der Waals surface area (Å²) in [6.07, 6.45) is 1.33. The molecule has 0 aromatic carbocycles. The Hall–Kier alpha value is -0.120. The summed E-state index contributed by atoms with van der Waals surface area (Å²) in [6, 6.07) is 0. The first-order valence-corrected chi connectivity index (χ1v) is 3.31. The minimum atomic E-state index is -0.385. The van der Waals surface area contributed by atoms with Crippen LogP contribution < -0.4 is 0 Å². The van der Waals surface area contributed by atoms with Gasteiger partial charge in [-0.1, -0.05) is 0 Å². The molecule has 3 nitrogen and oxygen atoms in total. The van der Waals surface area contributed by atoms with Crippen LogP contribution in [0.15, 0.2) is 0 Å². The molecular weight excluding hydrogens is 120 g/mol. The fraction of sp³-hybridized carbons (Fsp3) is 1.00. The first-order chi connectivity index (χ1) is 4.36. The van der Waals surface area contributed by atoms with E-state index in [1.807, 2.05) is 0 Å². The predicted molar refractivity (Wildman–Crippen MR) is 29.9 cm³/mol. The van der Waals surface area contributed by atoms with E-state index in [4.69, 9.17) is 14.6 Å². The molecule has 0 amide bonds. The number of aliphatic hydroxyl groups excluding tert-OH is 1. The highest BCUT2D eigenvalue weighted by atomic mass is 16.7. The SMILES string of the molecule is O[C@H]1CC[C@@H]2CO[C@H]1O2. The zero-order valence-corrected chi connectivity index (χ0v) is 5.12. The smallest absolute Gasteiger partial charge is 0.183 e. The Labute approximate surface area is 53.6 Å². The molecule has 0 aromatic rings. The molecule has 3 atom stereocenters. The van der Waals surface area contributed by atoms with Gasteiger partial charge in [0.1, 0.15) is 6.10 Å². The third-order valence-corrected chi connectivity index (χ3v) is 1.87. The summed E-state index contributed by atoms with van der Waals surface area (Å²) in [5.74, 6) is 0. The van der Waals surface area contributed by atoms with E-state index in [9.17, 15) is 0 Å². The Balaban J connectivity index is 2.05. The van der Waals surface area contributed by atoms with Gasteiger partial charge in [-0.3, -0.25) is 0 Å². The van der Waals surface area contributed by atoms with Crippen LogP contribution in [-0.2, 0) is 9.47 Å². The quantitative estimate of drug-likeness (QED) is 0.497. The monoisotopic (exact) mass is 130 g/mol. The number of hydrogen-bond donors (Lipinski definition) is 1. The van der Waals surface area contributed by atoms with Crippen molar-refractivity contribution in [3.63, 3.8) is 0 Å². The molecule has 1 N–H and O–H groups in total. The van der Waals surface area contributed by atoms with Crippen molar-refractivity contribution in [2.45, 2.75) is 31.3 Å². The second-order valence-electron chi connectivity index (χ2n) is 2.60. The summed E-state index contributed by atoms with van der Waals surface area (Å²) >= 11 is 0. The minimum absolute atomic E-state index is 0.262. The molecule has 2 rings (SSSR count). The maximum Gasteiger partial charge on any atom is 0.183 e. The topological polar surface area (TPSA) is 38.7 Å². The molecule has 0 aromatic heterocycles. The van der Waals surface area contributed by atoms with Gasteiger partial charge in [0.15, 0.2) is 6.29 Å². The molecule has 3 heteroatoms. The molecule has 2 heterocycles. The van der Waals surface area contributed by atoms with Gasteiger partial charge in [-0.25, -0.2) is 0 Å². The molecule has 2 saturated heterocycles. The van der Waals surface area contributed by atoms with Gasteiger partial charge in [0.25, 0.3) is 0 Å². The van der Waals surface area contributed by atoms with Crippen LogP contribution >= 0.6 is 0 Å². The zero-order chi connectivity index (χ0) is 6.27. The van der Waals surface area contributed by atoms with Crippen LogP contribution in [0.1, 0.15) is 12.8 Å². The molecule has 2 bridgehead atoms. The molecule has 2 aliphatic rings. The largest absolute Gasteiger partial charge is 0.388 e. The highest BCUT2D eigenvalue weighted by Gasteiger charge is 2.36. The molecular formula is C6H10O3. The maximum absolute atomic E-state index is 9.15. The van der Waals surface area contributed by atoms with Gasteiger partial charge in [0, 0.05) is 0 Å². The maximum atomic E-state index is 9.15. The number of aliphatic hydroxyl groups is 1. The molecule has 0 saturated carbocycles. The number of fused-ring (bicyclic) bond motifs is 2. The predicted octanol–water partition coefficient (Wildman–Crippen LogP) is -0.117. The van der Waals surface area contributed by atoms with E-state index in [-0.39, 0.29) is 18.5 Å². The van der Waals surface area contributed by atoms with Crippen LogP contribution in [0, 0.1) is 0 Å². The summed E-state index contributed by atoms with van der Waals surface area (Å²) in [6.45, 7) is 0.668. The van der Waals surface area contributed by atoms with Gasteiger partial charge in [-0.2, -0.15) is 0 Å². The Bertz CT molecular complexity index is 115. The highest BCUT2D eigenvalue weighted by molar-refractivity contribution is 4.77. The highest BCUT2D eigenvalue weighted by Crippen LogP contribution is 2.26. The van der Waals surface area contributed by atoms with Crippen LogP contribution in [-0.4, -0.2) is 30.2 Å². The lowest BCUT2D eigenvalue weighted by Crippen LogP contribution is -2.32. The average molecular weight is 130 g/mol. The van der Waals surface area contributed by atoms with Crippen LogP contribution in [0.5, 0.6) is 0 Å². The van der Waals surface area contributed by atoms with Gasteiger partial charge < -0.3 is 14.6 Å². The minimum Gasteiger partial charge on any atom is -0.388 e. The van der Waals surface area contributed by atoms with E-state index in [0.717, 1.165) is 12.8 Å². The van der Waals surface area contributed by atoms with Gasteiger partial charge >= 0.3 is 0 Å². The van der Waals surface area contributed by atoms with Crippen molar-refractivity contribution in [1.82, 2.24) is 0 Å². The standard InChI is InChI=1S/C6H10O3/c7-5-2-1-4-3-8-6(5)9-4/h4-7H,1-3H2/t4-,5+,6+/m1/s1. The lowest BCUT2D eigenvalue weighted by Gasteiger charge is -2.22.